The molecule has 2 heterocycles. The zero-order chi connectivity index (χ0) is 20.2. The van der Waals surface area contributed by atoms with Crippen LogP contribution in [0.25, 0.3) is 10.9 Å². The number of benzene rings is 2. The Morgan fingerprint density at radius 3 is 2.90 bits per heavy atom. The Bertz CT molecular complexity index is 1130. The highest BCUT2D eigenvalue weighted by atomic mass is 16.5. The summed E-state index contributed by atoms with van der Waals surface area (Å²) in [4.78, 5) is 29.5. The second-order valence-electron chi connectivity index (χ2n) is 6.94. The van der Waals surface area contributed by atoms with Crippen LogP contribution >= 0.6 is 0 Å². The Balaban J connectivity index is 1.45. The van der Waals surface area contributed by atoms with Gasteiger partial charge in [-0.05, 0) is 60.9 Å². The van der Waals surface area contributed by atoms with Crippen LogP contribution in [-0.4, -0.2) is 28.3 Å². The van der Waals surface area contributed by atoms with Crippen LogP contribution in [0.4, 0.5) is 0 Å². The molecule has 1 aromatic heterocycles. The molecule has 0 atom stereocenters. The summed E-state index contributed by atoms with van der Waals surface area (Å²) in [6.45, 7) is 3.44. The van der Waals surface area contributed by atoms with Crippen molar-refractivity contribution in [3.63, 3.8) is 0 Å². The van der Waals surface area contributed by atoms with Gasteiger partial charge < -0.3 is 4.74 Å². The summed E-state index contributed by atoms with van der Waals surface area (Å²) < 4.78 is 7.25. The number of fused-ring (bicyclic) bond motifs is 2. The normalized spacial score (nSPS) is 13.0. The molecule has 0 saturated heterocycles. The highest BCUT2D eigenvalue weighted by Gasteiger charge is 2.17. The molecule has 0 unspecified atom stereocenters. The molecule has 29 heavy (non-hydrogen) atoms. The summed E-state index contributed by atoms with van der Waals surface area (Å²) in [5, 5.41) is 4.54. The molecule has 7 nitrogen and oxygen atoms in total. The van der Waals surface area contributed by atoms with E-state index in [4.69, 9.17) is 4.74 Å². The van der Waals surface area contributed by atoms with Crippen molar-refractivity contribution >= 4 is 23.0 Å². The number of hydrazone groups is 1. The van der Waals surface area contributed by atoms with E-state index in [2.05, 4.69) is 22.4 Å². The Morgan fingerprint density at radius 2 is 2.10 bits per heavy atom. The van der Waals surface area contributed by atoms with Crippen molar-refractivity contribution in [2.45, 2.75) is 32.7 Å². The maximum absolute atomic E-state index is 12.5. The van der Waals surface area contributed by atoms with Crippen molar-refractivity contribution in [2.24, 2.45) is 5.10 Å². The highest BCUT2D eigenvalue weighted by molar-refractivity contribution is 5.98. The molecule has 0 aliphatic carbocycles. The predicted molar refractivity (Wildman–Crippen MR) is 112 cm³/mol. The van der Waals surface area contributed by atoms with Crippen molar-refractivity contribution in [3.05, 3.63) is 69.8 Å². The maximum atomic E-state index is 12.5. The molecule has 4 rings (SSSR count). The standard InChI is InChI=1S/C22H22N4O3/c1-2-12-29-17-8-5-15(6-9-17)14-23-25-21(27)16-7-10-18-19(13-16)24-20-4-3-11-26(20)22(18)28/h5-10,13-14H,2-4,11-12H2,1H3,(H,25,27)/b23-14-. The third kappa shape index (κ3) is 4.03. The van der Waals surface area contributed by atoms with E-state index in [0.717, 1.165) is 36.4 Å². The van der Waals surface area contributed by atoms with Crippen LogP contribution in [0.15, 0.2) is 52.4 Å². The number of rotatable bonds is 6. The van der Waals surface area contributed by atoms with Gasteiger partial charge in [0.25, 0.3) is 11.5 Å². The highest BCUT2D eigenvalue weighted by Crippen LogP contribution is 2.16. The van der Waals surface area contributed by atoms with Crippen LogP contribution < -0.4 is 15.7 Å². The molecule has 7 heteroatoms. The number of carbonyl (C=O) groups excluding carboxylic acids is 1. The number of amides is 1. The van der Waals surface area contributed by atoms with E-state index in [1.54, 1.807) is 29.0 Å². The number of carbonyl (C=O) groups is 1. The first-order chi connectivity index (χ1) is 14.2. The smallest absolute Gasteiger partial charge is 0.271 e. The molecule has 1 aliphatic heterocycles. The van der Waals surface area contributed by atoms with Gasteiger partial charge in [-0.3, -0.25) is 14.2 Å². The van der Waals surface area contributed by atoms with E-state index in [0.29, 0.717) is 29.6 Å². The minimum atomic E-state index is -0.353. The molecular weight excluding hydrogens is 368 g/mol. The lowest BCUT2D eigenvalue weighted by Crippen LogP contribution is -2.22. The molecule has 0 saturated carbocycles. The number of nitrogens with zero attached hydrogens (tertiary/aromatic N) is 3. The van der Waals surface area contributed by atoms with Crippen molar-refractivity contribution in [1.29, 1.82) is 0 Å². The molecule has 1 amide bonds. The monoisotopic (exact) mass is 390 g/mol. The second-order valence-corrected chi connectivity index (χ2v) is 6.94. The van der Waals surface area contributed by atoms with Crippen LogP contribution in [0.3, 0.4) is 0 Å². The van der Waals surface area contributed by atoms with Gasteiger partial charge in [0.2, 0.25) is 0 Å². The fourth-order valence-corrected chi connectivity index (χ4v) is 3.33. The SMILES string of the molecule is CCCOc1ccc(/C=N\NC(=O)c2ccc3c(=O)n4c(nc3c2)CCC4)cc1. The summed E-state index contributed by atoms with van der Waals surface area (Å²) in [6.07, 6.45) is 4.23. The minimum absolute atomic E-state index is 0.0427. The maximum Gasteiger partial charge on any atom is 0.271 e. The number of aromatic nitrogens is 2. The molecule has 1 N–H and O–H groups in total. The lowest BCUT2D eigenvalue weighted by atomic mass is 10.1. The van der Waals surface area contributed by atoms with Gasteiger partial charge in [0.05, 0.1) is 23.7 Å². The molecule has 1 aliphatic rings. The van der Waals surface area contributed by atoms with E-state index in [1.807, 2.05) is 24.3 Å². The Labute approximate surface area is 168 Å². The van der Waals surface area contributed by atoms with Crippen LogP contribution in [0.2, 0.25) is 0 Å². The predicted octanol–water partition coefficient (Wildman–Crippen LogP) is 2.90. The zero-order valence-electron chi connectivity index (χ0n) is 16.2. The van der Waals surface area contributed by atoms with Crippen LogP contribution in [0.5, 0.6) is 5.75 Å². The molecular formula is C22H22N4O3. The molecule has 0 bridgehead atoms. The molecule has 2 aromatic carbocycles. The zero-order valence-corrected chi connectivity index (χ0v) is 16.2. The van der Waals surface area contributed by atoms with E-state index in [1.165, 1.54) is 0 Å². The molecule has 148 valence electrons. The molecule has 0 fully saturated rings. The number of aryl methyl sites for hydroxylation is 1. The average Bonchev–Trinajstić information content (AvgIpc) is 3.21. The quantitative estimate of drug-likeness (QED) is 0.518. The average molecular weight is 390 g/mol. The number of hydrogen-bond donors (Lipinski definition) is 1. The molecule has 0 spiro atoms. The summed E-state index contributed by atoms with van der Waals surface area (Å²) in [5.74, 6) is 1.23. The first-order valence-electron chi connectivity index (χ1n) is 9.75. The van der Waals surface area contributed by atoms with E-state index < -0.39 is 0 Å². The van der Waals surface area contributed by atoms with Gasteiger partial charge in [0, 0.05) is 18.5 Å². The van der Waals surface area contributed by atoms with Gasteiger partial charge in [0.15, 0.2) is 0 Å². The first-order valence-corrected chi connectivity index (χ1v) is 9.75. The fourth-order valence-electron chi connectivity index (χ4n) is 3.33. The van der Waals surface area contributed by atoms with Gasteiger partial charge in [-0.15, -0.1) is 0 Å². The van der Waals surface area contributed by atoms with Crippen molar-refractivity contribution in [3.8, 4) is 5.75 Å². The van der Waals surface area contributed by atoms with Gasteiger partial charge >= 0.3 is 0 Å². The molecule has 0 radical (unpaired) electrons. The fraction of sp³-hybridized carbons (Fsp3) is 0.273. The van der Waals surface area contributed by atoms with Gasteiger partial charge in [-0.25, -0.2) is 10.4 Å². The Kier molecular flexibility index (Phi) is 5.37. The van der Waals surface area contributed by atoms with Gasteiger partial charge in [0.1, 0.15) is 11.6 Å². The van der Waals surface area contributed by atoms with Gasteiger partial charge in [-0.2, -0.15) is 5.10 Å². The van der Waals surface area contributed by atoms with Crippen LogP contribution in [0.1, 0.15) is 41.5 Å². The lowest BCUT2D eigenvalue weighted by molar-refractivity contribution is 0.0955. The number of ether oxygens (including phenoxy) is 1. The second kappa shape index (κ2) is 8.26. The largest absolute Gasteiger partial charge is 0.494 e. The summed E-state index contributed by atoms with van der Waals surface area (Å²) in [5.41, 5.74) is 4.27. The molecule has 3 aromatic rings. The minimum Gasteiger partial charge on any atom is -0.494 e. The van der Waals surface area contributed by atoms with Crippen molar-refractivity contribution in [1.82, 2.24) is 15.0 Å². The van der Waals surface area contributed by atoms with Crippen LogP contribution in [0, 0.1) is 0 Å². The summed E-state index contributed by atoms with van der Waals surface area (Å²) in [6, 6.07) is 12.4. The lowest BCUT2D eigenvalue weighted by Gasteiger charge is -2.06. The summed E-state index contributed by atoms with van der Waals surface area (Å²) in [7, 11) is 0. The first kappa shape index (κ1) is 18.9. The Morgan fingerprint density at radius 1 is 1.28 bits per heavy atom. The summed E-state index contributed by atoms with van der Waals surface area (Å²) >= 11 is 0. The van der Waals surface area contributed by atoms with E-state index in [9.17, 15) is 9.59 Å². The number of hydrogen-bond acceptors (Lipinski definition) is 5. The van der Waals surface area contributed by atoms with Crippen molar-refractivity contribution in [2.75, 3.05) is 6.61 Å². The van der Waals surface area contributed by atoms with Crippen LogP contribution in [-0.2, 0) is 13.0 Å². The third-order valence-corrected chi connectivity index (χ3v) is 4.81. The van der Waals surface area contributed by atoms with E-state index >= 15 is 0 Å². The Hall–Kier alpha value is -3.48. The third-order valence-electron chi connectivity index (χ3n) is 4.81. The van der Waals surface area contributed by atoms with Gasteiger partial charge in [-0.1, -0.05) is 6.92 Å². The van der Waals surface area contributed by atoms with Crippen molar-refractivity contribution < 1.29 is 9.53 Å². The van der Waals surface area contributed by atoms with E-state index in [-0.39, 0.29) is 11.5 Å². The topological polar surface area (TPSA) is 85.6 Å². The number of nitrogens with one attached hydrogen (secondary N) is 1.